The minimum atomic E-state index is -0.602. The second-order valence-corrected chi connectivity index (χ2v) is 7.94. The van der Waals surface area contributed by atoms with Crippen LogP contribution in [0.2, 0.25) is 10.0 Å². The van der Waals surface area contributed by atoms with Crippen molar-refractivity contribution in [1.82, 2.24) is 21.7 Å². The number of hydrazine groups is 2. The summed E-state index contributed by atoms with van der Waals surface area (Å²) in [5.41, 5.74) is 9.31. The predicted octanol–water partition coefficient (Wildman–Crippen LogP) is 2.67. The number of benzene rings is 3. The zero-order valence-corrected chi connectivity index (χ0v) is 20.1. The van der Waals surface area contributed by atoms with Gasteiger partial charge in [-0.15, -0.1) is 0 Å². The van der Waals surface area contributed by atoms with Crippen LogP contribution in [0.3, 0.4) is 0 Å². The molecule has 0 aliphatic heterocycles. The van der Waals surface area contributed by atoms with E-state index < -0.39 is 23.6 Å². The molecule has 0 aliphatic rings. The molecule has 186 valence electrons. The van der Waals surface area contributed by atoms with Crippen molar-refractivity contribution in [2.45, 2.75) is 0 Å². The molecule has 36 heavy (non-hydrogen) atoms. The predicted molar refractivity (Wildman–Crippen MR) is 132 cm³/mol. The highest BCUT2D eigenvalue weighted by molar-refractivity contribution is 6.30. The number of ether oxygens (including phenoxy) is 2. The van der Waals surface area contributed by atoms with Crippen molar-refractivity contribution in [1.29, 1.82) is 0 Å². The van der Waals surface area contributed by atoms with Crippen LogP contribution in [-0.4, -0.2) is 36.8 Å². The van der Waals surface area contributed by atoms with Gasteiger partial charge in [-0.1, -0.05) is 23.2 Å². The SMILES string of the molecule is O=C(COc1ccc(Cl)cc1)NNC(=O)c1ccc(C(=O)NNC(=O)COc2ccc(Cl)cc2)cc1. The fourth-order valence-electron chi connectivity index (χ4n) is 2.60. The lowest BCUT2D eigenvalue weighted by Crippen LogP contribution is -2.44. The maximum Gasteiger partial charge on any atom is 0.276 e. The van der Waals surface area contributed by atoms with Crippen LogP contribution < -0.4 is 31.2 Å². The number of hydrogen-bond donors (Lipinski definition) is 4. The van der Waals surface area contributed by atoms with Gasteiger partial charge >= 0.3 is 0 Å². The molecule has 3 aromatic carbocycles. The first-order chi connectivity index (χ1) is 17.3. The number of carbonyl (C=O) groups is 4. The molecule has 12 heteroatoms. The van der Waals surface area contributed by atoms with Crippen LogP contribution in [0.15, 0.2) is 72.8 Å². The highest BCUT2D eigenvalue weighted by Gasteiger charge is 2.11. The monoisotopic (exact) mass is 530 g/mol. The summed E-state index contributed by atoms with van der Waals surface area (Å²) in [6, 6.07) is 18.4. The second kappa shape index (κ2) is 13.0. The Bertz CT molecular complexity index is 1120. The van der Waals surface area contributed by atoms with E-state index in [0.717, 1.165) is 0 Å². The Balaban J connectivity index is 1.37. The first-order valence-corrected chi connectivity index (χ1v) is 11.1. The van der Waals surface area contributed by atoms with Gasteiger partial charge in [0.1, 0.15) is 11.5 Å². The average molecular weight is 531 g/mol. The second-order valence-electron chi connectivity index (χ2n) is 7.07. The Morgan fingerprint density at radius 2 is 0.861 bits per heavy atom. The van der Waals surface area contributed by atoms with Gasteiger partial charge in [-0.2, -0.15) is 0 Å². The van der Waals surface area contributed by atoms with E-state index in [4.69, 9.17) is 32.7 Å². The van der Waals surface area contributed by atoms with Crippen LogP contribution in [0.5, 0.6) is 11.5 Å². The zero-order valence-electron chi connectivity index (χ0n) is 18.5. The van der Waals surface area contributed by atoms with Gasteiger partial charge < -0.3 is 9.47 Å². The summed E-state index contributed by atoms with van der Waals surface area (Å²) < 4.78 is 10.6. The van der Waals surface area contributed by atoms with Crippen molar-refractivity contribution >= 4 is 46.8 Å². The van der Waals surface area contributed by atoms with Crippen LogP contribution in [0, 0.1) is 0 Å². The van der Waals surface area contributed by atoms with E-state index in [9.17, 15) is 19.2 Å². The molecule has 0 saturated carbocycles. The van der Waals surface area contributed by atoms with Crippen LogP contribution in [-0.2, 0) is 9.59 Å². The highest BCUT2D eigenvalue weighted by atomic mass is 35.5. The Hall–Kier alpha value is -4.28. The van der Waals surface area contributed by atoms with Crippen molar-refractivity contribution in [3.05, 3.63) is 94.0 Å². The van der Waals surface area contributed by atoms with E-state index in [1.807, 2.05) is 0 Å². The summed E-state index contributed by atoms with van der Waals surface area (Å²) in [4.78, 5) is 48.1. The molecule has 0 fully saturated rings. The third kappa shape index (κ3) is 8.49. The van der Waals surface area contributed by atoms with Gasteiger partial charge in [-0.3, -0.25) is 40.9 Å². The molecule has 10 nitrogen and oxygen atoms in total. The van der Waals surface area contributed by atoms with Gasteiger partial charge in [0.15, 0.2) is 13.2 Å². The van der Waals surface area contributed by atoms with Gasteiger partial charge in [-0.25, -0.2) is 0 Å². The van der Waals surface area contributed by atoms with Crippen LogP contribution in [0.1, 0.15) is 20.7 Å². The highest BCUT2D eigenvalue weighted by Crippen LogP contribution is 2.16. The maximum absolute atomic E-state index is 12.2. The summed E-state index contributed by atoms with van der Waals surface area (Å²) in [6.07, 6.45) is 0. The largest absolute Gasteiger partial charge is 0.484 e. The molecule has 0 heterocycles. The van der Waals surface area contributed by atoms with Gasteiger partial charge in [0.2, 0.25) is 0 Å². The molecule has 4 N–H and O–H groups in total. The van der Waals surface area contributed by atoms with Crippen molar-refractivity contribution in [2.75, 3.05) is 13.2 Å². The van der Waals surface area contributed by atoms with Gasteiger partial charge in [-0.05, 0) is 72.8 Å². The number of rotatable bonds is 8. The smallest absolute Gasteiger partial charge is 0.276 e. The van der Waals surface area contributed by atoms with Crippen LogP contribution >= 0.6 is 23.2 Å². The molecule has 0 atom stereocenters. The number of amides is 4. The molecular weight excluding hydrogens is 511 g/mol. The molecule has 0 bridgehead atoms. The zero-order chi connectivity index (χ0) is 25.9. The third-order valence-electron chi connectivity index (χ3n) is 4.41. The Kier molecular flexibility index (Phi) is 9.49. The van der Waals surface area contributed by atoms with Gasteiger partial charge in [0, 0.05) is 21.2 Å². The van der Waals surface area contributed by atoms with E-state index in [0.29, 0.717) is 21.5 Å². The number of halogens is 2. The molecule has 0 aliphatic carbocycles. The summed E-state index contributed by atoms with van der Waals surface area (Å²) >= 11 is 11.6. The lowest BCUT2D eigenvalue weighted by molar-refractivity contribution is -0.124. The molecule has 0 saturated heterocycles. The fourth-order valence-corrected chi connectivity index (χ4v) is 2.85. The minimum absolute atomic E-state index is 0.186. The first-order valence-electron chi connectivity index (χ1n) is 10.4. The summed E-state index contributed by atoms with van der Waals surface area (Å²) in [7, 11) is 0. The Labute approximate surface area is 215 Å². The number of nitrogens with one attached hydrogen (secondary N) is 4. The molecule has 0 aromatic heterocycles. The fraction of sp³-hybridized carbons (Fsp3) is 0.0833. The van der Waals surface area contributed by atoms with E-state index in [-0.39, 0.29) is 24.3 Å². The summed E-state index contributed by atoms with van der Waals surface area (Å²) in [6.45, 7) is -0.644. The summed E-state index contributed by atoms with van der Waals surface area (Å²) in [5, 5.41) is 1.07. The van der Waals surface area contributed by atoms with Crippen LogP contribution in [0.4, 0.5) is 0 Å². The van der Waals surface area contributed by atoms with Crippen molar-refractivity contribution in [3.63, 3.8) is 0 Å². The minimum Gasteiger partial charge on any atom is -0.484 e. The van der Waals surface area contributed by atoms with E-state index >= 15 is 0 Å². The Morgan fingerprint density at radius 1 is 0.528 bits per heavy atom. The van der Waals surface area contributed by atoms with Gasteiger partial charge in [0.25, 0.3) is 23.6 Å². The summed E-state index contributed by atoms with van der Waals surface area (Å²) in [5.74, 6) is -1.47. The lowest BCUT2D eigenvalue weighted by atomic mass is 10.1. The third-order valence-corrected chi connectivity index (χ3v) is 4.91. The molecular formula is C24H20Cl2N4O6. The van der Waals surface area contributed by atoms with Crippen LogP contribution in [0.25, 0.3) is 0 Å². The van der Waals surface area contributed by atoms with E-state index in [1.165, 1.54) is 24.3 Å². The van der Waals surface area contributed by atoms with Gasteiger partial charge in [0.05, 0.1) is 0 Å². The molecule has 3 aromatic rings. The first kappa shape index (κ1) is 26.3. The molecule has 3 rings (SSSR count). The number of hydrogen-bond acceptors (Lipinski definition) is 6. The Morgan fingerprint density at radius 3 is 1.19 bits per heavy atom. The average Bonchev–Trinajstić information content (AvgIpc) is 2.89. The van der Waals surface area contributed by atoms with Crippen molar-refractivity contribution in [2.24, 2.45) is 0 Å². The molecule has 0 spiro atoms. The number of carbonyl (C=O) groups excluding carboxylic acids is 4. The lowest BCUT2D eigenvalue weighted by Gasteiger charge is -2.10. The van der Waals surface area contributed by atoms with E-state index in [2.05, 4.69) is 21.7 Å². The standard InChI is InChI=1S/C24H20Cl2N4O6/c25-17-5-9-19(10-6-17)35-13-21(31)27-29-23(33)15-1-2-16(4-3-15)24(34)30-28-22(32)14-36-20-11-7-18(26)8-12-20/h1-12H,13-14H2,(H,27,31)(H,28,32)(H,29,33)(H,30,34). The van der Waals surface area contributed by atoms with Crippen molar-refractivity contribution in [3.8, 4) is 11.5 Å². The molecule has 0 unspecified atom stereocenters. The topological polar surface area (TPSA) is 135 Å². The quantitative estimate of drug-likeness (QED) is 0.330. The molecule has 4 amide bonds. The van der Waals surface area contributed by atoms with Crippen molar-refractivity contribution < 1.29 is 28.7 Å². The van der Waals surface area contributed by atoms with E-state index in [1.54, 1.807) is 48.5 Å². The normalized spacial score (nSPS) is 10.1. The maximum atomic E-state index is 12.2. The molecule has 0 radical (unpaired) electrons.